The molecule has 19 heavy (non-hydrogen) atoms. The molecule has 0 bridgehead atoms. The normalized spacial score (nSPS) is 19.9. The van der Waals surface area contributed by atoms with Crippen molar-refractivity contribution in [3.8, 4) is 0 Å². The van der Waals surface area contributed by atoms with Crippen LogP contribution in [0.15, 0.2) is 34.4 Å². The van der Waals surface area contributed by atoms with Crippen LogP contribution in [0.5, 0.6) is 0 Å². The van der Waals surface area contributed by atoms with Gasteiger partial charge in [0.15, 0.2) is 0 Å². The van der Waals surface area contributed by atoms with Gasteiger partial charge in [-0.2, -0.15) is 0 Å². The van der Waals surface area contributed by atoms with Crippen LogP contribution in [-0.4, -0.2) is 4.98 Å². The van der Waals surface area contributed by atoms with Crippen molar-refractivity contribution in [2.75, 3.05) is 0 Å². The average Bonchev–Trinajstić information content (AvgIpc) is 2.92. The van der Waals surface area contributed by atoms with Crippen LogP contribution in [0.1, 0.15) is 48.0 Å². The first-order valence-electron chi connectivity index (χ1n) is 6.75. The SMILES string of the molecule is C[C@@H](NC1CCCc2[nH]c(=O)ccc21)c1cccs1. The Morgan fingerprint density at radius 3 is 3.11 bits per heavy atom. The Morgan fingerprint density at radius 1 is 1.42 bits per heavy atom. The second kappa shape index (κ2) is 5.31. The van der Waals surface area contributed by atoms with E-state index in [1.807, 2.05) is 6.07 Å². The standard InChI is InChI=1S/C15H18N2OS/c1-10(14-6-3-9-19-14)16-12-4-2-5-13-11(12)7-8-15(18)17-13/h3,6-10,12,16H,2,4-5H2,1H3,(H,17,18)/t10-,12?/m1/s1. The Kier molecular flexibility index (Phi) is 3.53. The van der Waals surface area contributed by atoms with Gasteiger partial charge in [-0.1, -0.05) is 12.1 Å². The van der Waals surface area contributed by atoms with E-state index in [1.165, 1.54) is 10.4 Å². The van der Waals surface area contributed by atoms with Gasteiger partial charge >= 0.3 is 0 Å². The zero-order chi connectivity index (χ0) is 13.2. The first kappa shape index (κ1) is 12.6. The van der Waals surface area contributed by atoms with Gasteiger partial charge in [-0.25, -0.2) is 0 Å². The Balaban J connectivity index is 1.82. The minimum Gasteiger partial charge on any atom is -0.326 e. The van der Waals surface area contributed by atoms with Crippen LogP contribution >= 0.6 is 11.3 Å². The molecule has 0 fully saturated rings. The number of H-pyrrole nitrogens is 1. The molecule has 0 saturated carbocycles. The third-order valence-corrected chi connectivity index (χ3v) is 4.81. The molecule has 0 aliphatic heterocycles. The first-order valence-corrected chi connectivity index (χ1v) is 7.63. The number of rotatable bonds is 3. The number of thiophene rings is 1. The lowest BCUT2D eigenvalue weighted by atomic mass is 9.91. The number of nitrogens with one attached hydrogen (secondary N) is 2. The summed E-state index contributed by atoms with van der Waals surface area (Å²) in [6.45, 7) is 2.20. The summed E-state index contributed by atoms with van der Waals surface area (Å²) in [6.07, 6.45) is 3.24. The Hall–Kier alpha value is -1.39. The molecule has 1 aliphatic carbocycles. The van der Waals surface area contributed by atoms with Gasteiger partial charge in [0, 0.05) is 28.7 Å². The predicted octanol–water partition coefficient (Wildman–Crippen LogP) is 3.16. The third-order valence-electron chi connectivity index (χ3n) is 3.75. The van der Waals surface area contributed by atoms with E-state index in [1.54, 1.807) is 17.4 Å². The molecule has 0 spiro atoms. The smallest absolute Gasteiger partial charge is 0.248 e. The van der Waals surface area contributed by atoms with Crippen molar-refractivity contribution >= 4 is 11.3 Å². The molecule has 2 N–H and O–H groups in total. The summed E-state index contributed by atoms with van der Waals surface area (Å²) >= 11 is 1.78. The quantitative estimate of drug-likeness (QED) is 0.903. The number of hydrogen-bond donors (Lipinski definition) is 2. The maximum atomic E-state index is 11.4. The van der Waals surface area contributed by atoms with Gasteiger partial charge in [0.1, 0.15) is 0 Å². The molecule has 2 atom stereocenters. The van der Waals surface area contributed by atoms with Crippen molar-refractivity contribution in [3.05, 3.63) is 56.1 Å². The topological polar surface area (TPSA) is 44.9 Å². The van der Waals surface area contributed by atoms with Gasteiger partial charge in [-0.15, -0.1) is 11.3 Å². The lowest BCUT2D eigenvalue weighted by molar-refractivity contribution is 0.414. The van der Waals surface area contributed by atoms with Crippen LogP contribution < -0.4 is 10.9 Å². The minimum atomic E-state index is 0.00528. The van der Waals surface area contributed by atoms with Gasteiger partial charge in [-0.05, 0) is 43.2 Å². The monoisotopic (exact) mass is 274 g/mol. The summed E-state index contributed by atoms with van der Waals surface area (Å²) in [5.41, 5.74) is 2.37. The Labute approximate surface area is 116 Å². The molecule has 3 rings (SSSR count). The van der Waals surface area contributed by atoms with Crippen molar-refractivity contribution in [1.29, 1.82) is 0 Å². The molecule has 1 unspecified atom stereocenters. The molecule has 100 valence electrons. The molecular formula is C15H18N2OS. The number of aromatic amines is 1. The van der Waals surface area contributed by atoms with Crippen molar-refractivity contribution in [1.82, 2.24) is 10.3 Å². The van der Waals surface area contributed by atoms with E-state index in [-0.39, 0.29) is 5.56 Å². The molecule has 2 heterocycles. The van der Waals surface area contributed by atoms with Gasteiger partial charge in [0.25, 0.3) is 0 Å². The van der Waals surface area contributed by atoms with E-state index in [0.717, 1.165) is 25.0 Å². The summed E-state index contributed by atoms with van der Waals surface area (Å²) in [5.74, 6) is 0. The average molecular weight is 274 g/mol. The molecule has 0 radical (unpaired) electrons. The Morgan fingerprint density at radius 2 is 2.32 bits per heavy atom. The molecule has 3 nitrogen and oxygen atoms in total. The highest BCUT2D eigenvalue weighted by Crippen LogP contribution is 2.30. The lowest BCUT2D eigenvalue weighted by Gasteiger charge is -2.28. The highest BCUT2D eigenvalue weighted by molar-refractivity contribution is 7.10. The van der Waals surface area contributed by atoms with E-state index < -0.39 is 0 Å². The maximum absolute atomic E-state index is 11.4. The van der Waals surface area contributed by atoms with Crippen molar-refractivity contribution in [2.45, 2.75) is 38.3 Å². The molecule has 1 aliphatic rings. The van der Waals surface area contributed by atoms with Gasteiger partial charge in [-0.3, -0.25) is 4.79 Å². The van der Waals surface area contributed by atoms with Crippen LogP contribution in [0.2, 0.25) is 0 Å². The van der Waals surface area contributed by atoms with E-state index in [0.29, 0.717) is 12.1 Å². The maximum Gasteiger partial charge on any atom is 0.248 e. The van der Waals surface area contributed by atoms with Crippen molar-refractivity contribution < 1.29 is 0 Å². The molecule has 0 amide bonds. The fourth-order valence-corrected chi connectivity index (χ4v) is 3.54. The molecule has 2 aromatic rings. The third kappa shape index (κ3) is 2.65. The Bertz CT molecular complexity index is 603. The van der Waals surface area contributed by atoms with Crippen LogP contribution in [0.25, 0.3) is 0 Å². The molecule has 0 aromatic carbocycles. The molecule has 4 heteroatoms. The van der Waals surface area contributed by atoms with E-state index >= 15 is 0 Å². The number of pyridine rings is 1. The van der Waals surface area contributed by atoms with Crippen molar-refractivity contribution in [2.24, 2.45) is 0 Å². The second-order valence-electron chi connectivity index (χ2n) is 5.11. The van der Waals surface area contributed by atoms with E-state index in [9.17, 15) is 4.79 Å². The number of aryl methyl sites for hydroxylation is 1. The zero-order valence-corrected chi connectivity index (χ0v) is 11.8. The summed E-state index contributed by atoms with van der Waals surface area (Å²) in [7, 11) is 0. The fraction of sp³-hybridized carbons (Fsp3) is 0.400. The van der Waals surface area contributed by atoms with Crippen LogP contribution in [0.3, 0.4) is 0 Å². The van der Waals surface area contributed by atoms with E-state index in [4.69, 9.17) is 0 Å². The van der Waals surface area contributed by atoms with Crippen LogP contribution in [-0.2, 0) is 6.42 Å². The minimum absolute atomic E-state index is 0.00528. The van der Waals surface area contributed by atoms with Gasteiger partial charge in [0.2, 0.25) is 5.56 Å². The van der Waals surface area contributed by atoms with Crippen molar-refractivity contribution in [3.63, 3.8) is 0 Å². The summed E-state index contributed by atoms with van der Waals surface area (Å²) in [4.78, 5) is 15.7. The summed E-state index contributed by atoms with van der Waals surface area (Å²) in [6, 6.07) is 8.56. The van der Waals surface area contributed by atoms with Crippen LogP contribution in [0.4, 0.5) is 0 Å². The van der Waals surface area contributed by atoms with Gasteiger partial charge in [0.05, 0.1) is 0 Å². The second-order valence-corrected chi connectivity index (χ2v) is 6.08. The fourth-order valence-electron chi connectivity index (χ4n) is 2.80. The predicted molar refractivity (Wildman–Crippen MR) is 78.6 cm³/mol. The van der Waals surface area contributed by atoms with Crippen LogP contribution in [0, 0.1) is 0 Å². The van der Waals surface area contributed by atoms with Gasteiger partial charge < -0.3 is 10.3 Å². The number of aromatic nitrogens is 1. The number of fused-ring (bicyclic) bond motifs is 1. The zero-order valence-electron chi connectivity index (χ0n) is 11.0. The highest BCUT2D eigenvalue weighted by Gasteiger charge is 2.22. The van der Waals surface area contributed by atoms with E-state index in [2.05, 4.69) is 34.7 Å². The molecular weight excluding hydrogens is 256 g/mol. The lowest BCUT2D eigenvalue weighted by Crippen LogP contribution is -2.29. The number of hydrogen-bond acceptors (Lipinski definition) is 3. The first-order chi connectivity index (χ1) is 9.24. The largest absolute Gasteiger partial charge is 0.326 e. The summed E-state index contributed by atoms with van der Waals surface area (Å²) in [5, 5.41) is 5.80. The molecule has 2 aromatic heterocycles. The molecule has 0 saturated heterocycles. The summed E-state index contributed by atoms with van der Waals surface area (Å²) < 4.78 is 0. The highest BCUT2D eigenvalue weighted by atomic mass is 32.1.